The van der Waals surface area contributed by atoms with E-state index in [2.05, 4.69) is 5.10 Å². The average molecular weight is 276 g/mol. The monoisotopic (exact) mass is 276 g/mol. The second kappa shape index (κ2) is 4.88. The molecule has 0 saturated carbocycles. The van der Waals surface area contributed by atoms with Crippen molar-refractivity contribution < 1.29 is 14.8 Å². The van der Waals surface area contributed by atoms with Gasteiger partial charge in [-0.25, -0.2) is 0 Å². The Bertz CT molecular complexity index is 616. The predicted octanol–water partition coefficient (Wildman–Crippen LogP) is 0.827. The quantitative estimate of drug-likeness (QED) is 0.812. The topological polar surface area (TPSA) is 67.5 Å². The van der Waals surface area contributed by atoms with Gasteiger partial charge in [-0.05, 0) is 39.2 Å². The fourth-order valence-electron chi connectivity index (χ4n) is 1.81. The molecule has 2 aromatic rings. The van der Waals surface area contributed by atoms with Crippen LogP contribution >= 0.6 is 0 Å². The first-order valence-corrected chi connectivity index (χ1v) is 6.62. The summed E-state index contributed by atoms with van der Waals surface area (Å²) in [6.07, 6.45) is 1.77. The lowest BCUT2D eigenvalue weighted by atomic mass is 9.76. The molecular formula is C14H21BN2O3. The molecule has 0 amide bonds. The SMILES string of the molecule is Cn1ncc2ccc(B(O)OC(C)(C)C(C)(C)O)cc21. The summed E-state index contributed by atoms with van der Waals surface area (Å²) in [6, 6.07) is 5.53. The number of aryl methyl sites for hydroxylation is 1. The Morgan fingerprint density at radius 1 is 1.25 bits per heavy atom. The number of benzene rings is 1. The van der Waals surface area contributed by atoms with E-state index in [4.69, 9.17) is 4.65 Å². The molecule has 0 aliphatic heterocycles. The lowest BCUT2D eigenvalue weighted by Crippen LogP contribution is -2.53. The van der Waals surface area contributed by atoms with Crippen LogP contribution in [0.25, 0.3) is 10.9 Å². The van der Waals surface area contributed by atoms with Gasteiger partial charge in [0, 0.05) is 12.4 Å². The number of hydrogen-bond acceptors (Lipinski definition) is 4. The third-order valence-corrected chi connectivity index (χ3v) is 3.94. The number of rotatable bonds is 4. The van der Waals surface area contributed by atoms with E-state index in [1.54, 1.807) is 44.6 Å². The highest BCUT2D eigenvalue weighted by Gasteiger charge is 2.39. The van der Waals surface area contributed by atoms with Crippen molar-refractivity contribution in [1.82, 2.24) is 9.78 Å². The van der Waals surface area contributed by atoms with E-state index in [-0.39, 0.29) is 0 Å². The normalized spacial score (nSPS) is 12.9. The van der Waals surface area contributed by atoms with Gasteiger partial charge in [0.25, 0.3) is 0 Å². The Hall–Kier alpha value is -1.37. The van der Waals surface area contributed by atoms with E-state index in [1.807, 2.05) is 19.2 Å². The van der Waals surface area contributed by atoms with Crippen molar-refractivity contribution in [1.29, 1.82) is 0 Å². The van der Waals surface area contributed by atoms with Crippen LogP contribution in [0.5, 0.6) is 0 Å². The minimum absolute atomic E-state index is 0.637. The Labute approximate surface area is 119 Å². The van der Waals surface area contributed by atoms with Gasteiger partial charge in [-0.15, -0.1) is 0 Å². The summed E-state index contributed by atoms with van der Waals surface area (Å²) in [5.41, 5.74) is -0.386. The molecule has 20 heavy (non-hydrogen) atoms. The molecule has 108 valence electrons. The van der Waals surface area contributed by atoms with Crippen LogP contribution in [0.4, 0.5) is 0 Å². The minimum Gasteiger partial charge on any atom is -0.423 e. The highest BCUT2D eigenvalue weighted by molar-refractivity contribution is 6.60. The Morgan fingerprint density at radius 3 is 2.50 bits per heavy atom. The van der Waals surface area contributed by atoms with E-state index >= 15 is 0 Å². The average Bonchev–Trinajstić information content (AvgIpc) is 2.68. The van der Waals surface area contributed by atoms with Gasteiger partial charge in [0.05, 0.1) is 22.9 Å². The smallest absolute Gasteiger partial charge is 0.423 e. The zero-order valence-electron chi connectivity index (χ0n) is 12.6. The molecule has 2 rings (SSSR count). The van der Waals surface area contributed by atoms with E-state index in [1.165, 1.54) is 0 Å². The zero-order chi connectivity index (χ0) is 15.1. The molecule has 0 unspecified atom stereocenters. The lowest BCUT2D eigenvalue weighted by Gasteiger charge is -2.38. The van der Waals surface area contributed by atoms with Crippen molar-refractivity contribution >= 4 is 23.5 Å². The van der Waals surface area contributed by atoms with Gasteiger partial charge in [0.15, 0.2) is 0 Å². The highest BCUT2D eigenvalue weighted by Crippen LogP contribution is 2.25. The van der Waals surface area contributed by atoms with Crippen molar-refractivity contribution in [3.63, 3.8) is 0 Å². The van der Waals surface area contributed by atoms with Crippen molar-refractivity contribution in [3.8, 4) is 0 Å². The number of fused-ring (bicyclic) bond motifs is 1. The van der Waals surface area contributed by atoms with Crippen LogP contribution in [-0.4, -0.2) is 38.2 Å². The number of nitrogens with zero attached hydrogens (tertiary/aromatic N) is 2. The van der Waals surface area contributed by atoms with E-state index in [9.17, 15) is 10.1 Å². The minimum atomic E-state index is -1.10. The first kappa shape index (κ1) is 15.0. The third-order valence-electron chi connectivity index (χ3n) is 3.94. The highest BCUT2D eigenvalue weighted by atomic mass is 16.5. The van der Waals surface area contributed by atoms with Gasteiger partial charge >= 0.3 is 7.12 Å². The van der Waals surface area contributed by atoms with Crippen LogP contribution in [0.1, 0.15) is 27.7 Å². The fraction of sp³-hybridized carbons (Fsp3) is 0.500. The number of aromatic nitrogens is 2. The van der Waals surface area contributed by atoms with E-state index < -0.39 is 18.3 Å². The molecule has 0 atom stereocenters. The van der Waals surface area contributed by atoms with Crippen LogP contribution in [0, 0.1) is 0 Å². The van der Waals surface area contributed by atoms with Gasteiger partial charge < -0.3 is 14.8 Å². The molecule has 0 aliphatic rings. The predicted molar refractivity (Wildman–Crippen MR) is 79.8 cm³/mol. The molecule has 0 saturated heterocycles. The molecular weight excluding hydrogens is 255 g/mol. The summed E-state index contributed by atoms with van der Waals surface area (Å²) in [5.74, 6) is 0. The van der Waals surface area contributed by atoms with Crippen LogP contribution in [0.2, 0.25) is 0 Å². The van der Waals surface area contributed by atoms with Crippen LogP contribution in [0.15, 0.2) is 24.4 Å². The van der Waals surface area contributed by atoms with Crippen molar-refractivity contribution in [3.05, 3.63) is 24.4 Å². The first-order chi connectivity index (χ1) is 9.12. The van der Waals surface area contributed by atoms with Crippen LogP contribution < -0.4 is 5.46 Å². The lowest BCUT2D eigenvalue weighted by molar-refractivity contribution is -0.0982. The molecule has 2 N–H and O–H groups in total. The van der Waals surface area contributed by atoms with Crippen molar-refractivity contribution in [2.75, 3.05) is 0 Å². The maximum atomic E-state index is 10.2. The Balaban J connectivity index is 2.27. The maximum absolute atomic E-state index is 10.2. The van der Waals surface area contributed by atoms with Gasteiger partial charge in [-0.2, -0.15) is 5.10 Å². The van der Waals surface area contributed by atoms with Crippen LogP contribution in [0.3, 0.4) is 0 Å². The van der Waals surface area contributed by atoms with Gasteiger partial charge in [0.2, 0.25) is 0 Å². The molecule has 1 aromatic carbocycles. The fourth-order valence-corrected chi connectivity index (χ4v) is 1.81. The number of aliphatic hydroxyl groups is 1. The second-order valence-electron chi connectivity index (χ2n) is 6.13. The summed E-state index contributed by atoms with van der Waals surface area (Å²) >= 11 is 0. The van der Waals surface area contributed by atoms with Crippen molar-refractivity contribution in [2.24, 2.45) is 7.05 Å². The molecule has 6 heteroatoms. The molecule has 0 fully saturated rings. The zero-order valence-corrected chi connectivity index (χ0v) is 12.6. The maximum Gasteiger partial charge on any atom is 0.491 e. The summed E-state index contributed by atoms with van der Waals surface area (Å²) < 4.78 is 7.37. The second-order valence-corrected chi connectivity index (χ2v) is 6.13. The Morgan fingerprint density at radius 2 is 1.90 bits per heavy atom. The first-order valence-electron chi connectivity index (χ1n) is 6.62. The standard InChI is InChI=1S/C14H21BN2O3/c1-13(2,18)14(3,4)20-15(19)11-7-6-10-9-16-17(5)12(10)8-11/h6-9,18-19H,1-5H3. The molecule has 1 heterocycles. The van der Waals surface area contributed by atoms with Crippen molar-refractivity contribution in [2.45, 2.75) is 38.9 Å². The third kappa shape index (κ3) is 2.72. The summed E-state index contributed by atoms with van der Waals surface area (Å²) in [4.78, 5) is 0. The van der Waals surface area contributed by atoms with Gasteiger partial charge in [0.1, 0.15) is 0 Å². The van der Waals surface area contributed by atoms with Gasteiger partial charge in [-0.3, -0.25) is 4.68 Å². The molecule has 0 aliphatic carbocycles. The largest absolute Gasteiger partial charge is 0.491 e. The molecule has 0 radical (unpaired) electrons. The molecule has 0 bridgehead atoms. The summed E-state index contributed by atoms with van der Waals surface area (Å²) in [7, 11) is 0.746. The Kier molecular flexibility index (Phi) is 3.66. The molecule has 0 spiro atoms. The van der Waals surface area contributed by atoms with Gasteiger partial charge in [-0.1, -0.05) is 12.1 Å². The van der Waals surface area contributed by atoms with E-state index in [0.29, 0.717) is 5.46 Å². The summed E-state index contributed by atoms with van der Waals surface area (Å²) in [5, 5.41) is 25.5. The van der Waals surface area contributed by atoms with Crippen LogP contribution in [-0.2, 0) is 11.7 Å². The molecule has 1 aromatic heterocycles. The number of hydrogen-bond donors (Lipinski definition) is 2. The summed E-state index contributed by atoms with van der Waals surface area (Å²) in [6.45, 7) is 6.81. The molecule has 5 nitrogen and oxygen atoms in total. The van der Waals surface area contributed by atoms with E-state index in [0.717, 1.165) is 10.9 Å².